The van der Waals surface area contributed by atoms with Gasteiger partial charge in [0.15, 0.2) is 5.82 Å². The minimum Gasteiger partial charge on any atom is -0.448 e. The quantitative estimate of drug-likeness (QED) is 0.231. The zero-order valence-corrected chi connectivity index (χ0v) is 24.8. The molecule has 1 fully saturated rings. The van der Waals surface area contributed by atoms with Crippen LogP contribution in [0.2, 0.25) is 0 Å². The van der Waals surface area contributed by atoms with Crippen LogP contribution in [0.25, 0.3) is 32.8 Å². The number of ether oxygens (including phenoxy) is 1. The summed E-state index contributed by atoms with van der Waals surface area (Å²) < 4.78 is 20.5. The zero-order valence-electron chi connectivity index (χ0n) is 24.8. The Balaban J connectivity index is 1.21. The zero-order chi connectivity index (χ0) is 30.8. The normalized spacial score (nSPS) is 14.2. The first-order valence-corrected chi connectivity index (χ1v) is 14.7. The third-order valence-electron chi connectivity index (χ3n) is 8.20. The van der Waals surface area contributed by atoms with E-state index in [2.05, 4.69) is 27.3 Å². The number of nitrogens with zero attached hydrogens (tertiary/aromatic N) is 4. The largest absolute Gasteiger partial charge is 0.448 e. The lowest BCUT2D eigenvalue weighted by Crippen LogP contribution is -2.44. The van der Waals surface area contributed by atoms with E-state index in [9.17, 15) is 14.0 Å². The number of likely N-dealkylation sites (N-methyl/N-ethyl adjacent to an activating group) is 1. The molecular formula is C34H35FN6O3. The van der Waals surface area contributed by atoms with E-state index in [0.717, 1.165) is 61.0 Å². The monoisotopic (exact) mass is 594 g/mol. The highest BCUT2D eigenvalue weighted by Gasteiger charge is 2.20. The number of nitrogen functional groups attached to an aromatic ring is 1. The fourth-order valence-corrected chi connectivity index (χ4v) is 5.73. The van der Waals surface area contributed by atoms with Crippen LogP contribution >= 0.6 is 0 Å². The van der Waals surface area contributed by atoms with Crippen molar-refractivity contribution in [3.8, 4) is 11.1 Å². The number of nitrogens with two attached hydrogens (primary N) is 1. The molecule has 10 heteroatoms. The molecule has 4 aromatic carbocycles. The molecule has 44 heavy (non-hydrogen) atoms. The average Bonchev–Trinajstić information content (AvgIpc) is 3.38. The van der Waals surface area contributed by atoms with Crippen LogP contribution in [0.3, 0.4) is 0 Å². The predicted molar refractivity (Wildman–Crippen MR) is 171 cm³/mol. The number of aryl methyl sites for hydroxylation is 1. The standard InChI is InChI=1S/C34H35FN6O3/c1-22-20-25(11-13-29(22)35)37-33(42)28-8-3-6-23-21-24(10-12-26(23)28)27-7-4-9-30-31(27)32(36)38-41(30)34(43)44-19-5-14-40-17-15-39(2)16-18-40/h3-4,6-13,20-21H,5,14-19H2,1-2H3,(H2,36,38)(H,37,42). The van der Waals surface area contributed by atoms with E-state index in [1.165, 1.54) is 10.7 Å². The summed E-state index contributed by atoms with van der Waals surface area (Å²) in [6, 6.07) is 21.4. The Labute approximate surface area is 255 Å². The number of amides is 1. The van der Waals surface area contributed by atoms with Crippen molar-refractivity contribution < 1.29 is 18.7 Å². The van der Waals surface area contributed by atoms with Gasteiger partial charge in [-0.15, -0.1) is 5.10 Å². The second kappa shape index (κ2) is 12.4. The van der Waals surface area contributed by atoms with E-state index in [1.54, 1.807) is 31.2 Å². The number of nitrogens with one attached hydrogen (secondary N) is 1. The molecule has 9 nitrogen and oxygen atoms in total. The molecule has 0 unspecified atom stereocenters. The van der Waals surface area contributed by atoms with Crippen molar-refractivity contribution in [2.75, 3.05) is 57.4 Å². The molecule has 0 saturated carbocycles. The number of aromatic nitrogens is 2. The topological polar surface area (TPSA) is 106 Å². The number of rotatable bonds is 7. The number of carbonyl (C=O) groups excluding carboxylic acids is 2. The van der Waals surface area contributed by atoms with Gasteiger partial charge in [-0.2, -0.15) is 4.68 Å². The molecule has 1 saturated heterocycles. The van der Waals surface area contributed by atoms with Gasteiger partial charge >= 0.3 is 6.09 Å². The lowest BCUT2D eigenvalue weighted by atomic mass is 9.96. The fraction of sp³-hybridized carbons (Fsp3) is 0.265. The van der Waals surface area contributed by atoms with Crippen LogP contribution < -0.4 is 11.1 Å². The maximum atomic E-state index is 13.7. The van der Waals surface area contributed by atoms with E-state index in [0.29, 0.717) is 34.3 Å². The van der Waals surface area contributed by atoms with Gasteiger partial charge in [0.1, 0.15) is 5.82 Å². The highest BCUT2D eigenvalue weighted by Crippen LogP contribution is 2.35. The summed E-state index contributed by atoms with van der Waals surface area (Å²) in [5.74, 6) is -0.382. The van der Waals surface area contributed by atoms with Crippen LogP contribution in [0.1, 0.15) is 22.3 Å². The molecule has 1 aliphatic heterocycles. The minimum absolute atomic E-state index is 0.229. The van der Waals surface area contributed by atoms with E-state index in [-0.39, 0.29) is 17.5 Å². The molecule has 5 aromatic rings. The number of benzene rings is 4. The second-order valence-corrected chi connectivity index (χ2v) is 11.3. The van der Waals surface area contributed by atoms with Gasteiger partial charge in [-0.25, -0.2) is 9.18 Å². The van der Waals surface area contributed by atoms with Crippen LogP contribution in [0.4, 0.5) is 20.7 Å². The van der Waals surface area contributed by atoms with Crippen molar-refractivity contribution in [2.24, 2.45) is 0 Å². The average molecular weight is 595 g/mol. The van der Waals surface area contributed by atoms with Crippen LogP contribution in [0.5, 0.6) is 0 Å². The Hall–Kier alpha value is -4.80. The Morgan fingerprint density at radius 3 is 2.59 bits per heavy atom. The maximum absolute atomic E-state index is 13.7. The Kier molecular flexibility index (Phi) is 8.28. The van der Waals surface area contributed by atoms with Crippen LogP contribution in [-0.2, 0) is 4.74 Å². The number of halogens is 1. The molecule has 0 bridgehead atoms. The molecule has 0 atom stereocenters. The summed E-state index contributed by atoms with van der Waals surface area (Å²) in [6.07, 6.45) is 0.184. The van der Waals surface area contributed by atoms with Crippen molar-refractivity contribution in [1.29, 1.82) is 0 Å². The number of piperazine rings is 1. The number of hydrogen-bond acceptors (Lipinski definition) is 7. The SMILES string of the molecule is Cc1cc(NC(=O)c2cccc3cc(-c4cccc5c4c(N)nn5C(=O)OCCCN4CCN(C)CC4)ccc23)ccc1F. The third kappa shape index (κ3) is 5.99. The van der Waals surface area contributed by atoms with Crippen molar-refractivity contribution >= 4 is 45.2 Å². The molecule has 2 heterocycles. The molecule has 6 rings (SSSR count). The molecule has 1 amide bonds. The van der Waals surface area contributed by atoms with Gasteiger partial charge in [-0.3, -0.25) is 4.79 Å². The first-order chi connectivity index (χ1) is 21.3. The van der Waals surface area contributed by atoms with E-state index >= 15 is 0 Å². The molecule has 1 aliphatic rings. The molecule has 3 N–H and O–H groups in total. The summed E-state index contributed by atoms with van der Waals surface area (Å²) in [5, 5.41) is 9.47. The first-order valence-electron chi connectivity index (χ1n) is 14.7. The summed E-state index contributed by atoms with van der Waals surface area (Å²) in [5.41, 5.74) is 10.1. The maximum Gasteiger partial charge on any atom is 0.435 e. The van der Waals surface area contributed by atoms with E-state index < -0.39 is 6.09 Å². The lowest BCUT2D eigenvalue weighted by Gasteiger charge is -2.32. The van der Waals surface area contributed by atoms with Gasteiger partial charge in [0.05, 0.1) is 17.5 Å². The van der Waals surface area contributed by atoms with Crippen molar-refractivity contribution in [3.05, 3.63) is 89.7 Å². The van der Waals surface area contributed by atoms with Gasteiger partial charge in [0.25, 0.3) is 5.91 Å². The van der Waals surface area contributed by atoms with Crippen LogP contribution in [0.15, 0.2) is 72.8 Å². The summed E-state index contributed by atoms with van der Waals surface area (Å²) in [4.78, 5) is 30.9. The predicted octanol–water partition coefficient (Wildman–Crippen LogP) is 5.76. The van der Waals surface area contributed by atoms with Gasteiger partial charge in [-0.05, 0) is 84.3 Å². The highest BCUT2D eigenvalue weighted by atomic mass is 19.1. The molecule has 0 aliphatic carbocycles. The summed E-state index contributed by atoms with van der Waals surface area (Å²) in [7, 11) is 2.13. The van der Waals surface area contributed by atoms with Gasteiger partial charge in [0.2, 0.25) is 0 Å². The number of anilines is 2. The van der Waals surface area contributed by atoms with Crippen molar-refractivity contribution in [1.82, 2.24) is 19.6 Å². The molecule has 0 spiro atoms. The molecule has 226 valence electrons. The fourth-order valence-electron chi connectivity index (χ4n) is 5.73. The van der Waals surface area contributed by atoms with Gasteiger partial charge < -0.3 is 25.6 Å². The Morgan fingerprint density at radius 2 is 1.80 bits per heavy atom. The van der Waals surface area contributed by atoms with Gasteiger partial charge in [-0.1, -0.05) is 36.4 Å². The second-order valence-electron chi connectivity index (χ2n) is 11.3. The first kappa shape index (κ1) is 29.3. The summed E-state index contributed by atoms with van der Waals surface area (Å²) in [6.45, 7) is 6.97. The number of carbonyl (C=O) groups is 2. The molecular weight excluding hydrogens is 559 g/mol. The van der Waals surface area contributed by atoms with E-state index in [1.807, 2.05) is 42.5 Å². The van der Waals surface area contributed by atoms with Crippen molar-refractivity contribution in [3.63, 3.8) is 0 Å². The van der Waals surface area contributed by atoms with Crippen molar-refractivity contribution in [2.45, 2.75) is 13.3 Å². The van der Waals surface area contributed by atoms with Gasteiger partial charge in [0, 0.05) is 44.0 Å². The number of fused-ring (bicyclic) bond motifs is 2. The van der Waals surface area contributed by atoms with Crippen LogP contribution in [0, 0.1) is 12.7 Å². The summed E-state index contributed by atoms with van der Waals surface area (Å²) >= 11 is 0. The van der Waals surface area contributed by atoms with E-state index in [4.69, 9.17) is 10.5 Å². The minimum atomic E-state index is -0.562. The Morgan fingerprint density at radius 1 is 1.00 bits per heavy atom. The molecule has 0 radical (unpaired) electrons. The smallest absolute Gasteiger partial charge is 0.435 e. The third-order valence-corrected chi connectivity index (χ3v) is 8.20. The Bertz CT molecular complexity index is 1860. The number of hydrogen-bond donors (Lipinski definition) is 2. The highest BCUT2D eigenvalue weighted by molar-refractivity contribution is 6.14. The lowest BCUT2D eigenvalue weighted by molar-refractivity contribution is 0.102. The van der Waals surface area contributed by atoms with Crippen LogP contribution in [-0.4, -0.2) is 78.0 Å². The molecule has 1 aromatic heterocycles.